The molecule has 0 amide bonds. The van der Waals surface area contributed by atoms with Crippen molar-refractivity contribution >= 4 is 27.3 Å². The highest BCUT2D eigenvalue weighted by molar-refractivity contribution is 7.91. The predicted molar refractivity (Wildman–Crippen MR) is 177 cm³/mol. The number of ether oxygens (including phenoxy) is 2. The molecule has 0 N–H and O–H groups in total. The number of hydrogen-bond acceptors (Lipinski definition) is 6. The van der Waals surface area contributed by atoms with E-state index in [0.29, 0.717) is 24.5 Å². The zero-order valence-electron chi connectivity index (χ0n) is 25.9. The summed E-state index contributed by atoms with van der Waals surface area (Å²) in [6.45, 7) is 16.9. The fraction of sp³-hybridized carbons (Fsp3) is 0.371. The summed E-state index contributed by atoms with van der Waals surface area (Å²) in [5.41, 5.74) is 3.66. The minimum absolute atomic E-state index is 0.268. The minimum Gasteiger partial charge on any atom is -0.493 e. The first-order valence-electron chi connectivity index (χ1n) is 15.0. The van der Waals surface area contributed by atoms with Gasteiger partial charge in [-0.05, 0) is 71.9 Å². The van der Waals surface area contributed by atoms with Crippen LogP contribution in [0, 0.1) is 0 Å². The Hall–Kier alpha value is -3.71. The van der Waals surface area contributed by atoms with Crippen LogP contribution >= 0.6 is 0 Å². The van der Waals surface area contributed by atoms with Gasteiger partial charge in [0.15, 0.2) is 9.84 Å². The maximum Gasteiger partial charge on any atom is 0.189 e. The molecular formula is C35H46N2O4S. The van der Waals surface area contributed by atoms with Gasteiger partial charge in [-0.25, -0.2) is 8.42 Å². The van der Waals surface area contributed by atoms with E-state index < -0.39 is 15.1 Å². The zero-order valence-corrected chi connectivity index (χ0v) is 26.7. The third kappa shape index (κ3) is 7.97. The SMILES string of the molecule is CCOc1cc(N(CC)CC)ccc1C=CC=CC(c1ccc(N(CC)CC)cc1OCC)S(=O)(=O)c1ccccc1. The Morgan fingerprint density at radius 2 is 1.24 bits per heavy atom. The number of benzene rings is 3. The van der Waals surface area contributed by atoms with Crippen molar-refractivity contribution in [2.75, 3.05) is 49.2 Å². The number of hydrogen-bond donors (Lipinski definition) is 0. The highest BCUT2D eigenvalue weighted by atomic mass is 32.2. The molecule has 0 aromatic heterocycles. The summed E-state index contributed by atoms with van der Waals surface area (Å²) in [5, 5.41) is -0.937. The summed E-state index contributed by atoms with van der Waals surface area (Å²) >= 11 is 0. The van der Waals surface area contributed by atoms with E-state index in [9.17, 15) is 8.42 Å². The Morgan fingerprint density at radius 3 is 1.81 bits per heavy atom. The molecule has 1 unspecified atom stereocenters. The summed E-state index contributed by atoms with van der Waals surface area (Å²) in [5.74, 6) is 1.37. The lowest BCUT2D eigenvalue weighted by molar-refractivity contribution is 0.337. The van der Waals surface area contributed by atoms with Crippen LogP contribution in [0.4, 0.5) is 11.4 Å². The van der Waals surface area contributed by atoms with Gasteiger partial charge in [0.05, 0.1) is 18.1 Å². The molecule has 0 bridgehead atoms. The molecular weight excluding hydrogens is 544 g/mol. The maximum atomic E-state index is 14.0. The van der Waals surface area contributed by atoms with Crippen LogP contribution in [0.2, 0.25) is 0 Å². The molecule has 0 aliphatic carbocycles. The Labute approximate surface area is 253 Å². The van der Waals surface area contributed by atoms with Gasteiger partial charge < -0.3 is 19.3 Å². The number of sulfone groups is 1. The molecule has 0 spiro atoms. The van der Waals surface area contributed by atoms with Crippen molar-refractivity contribution in [1.82, 2.24) is 0 Å². The van der Waals surface area contributed by atoms with Crippen LogP contribution in [-0.2, 0) is 9.84 Å². The first kappa shape index (κ1) is 32.8. The summed E-state index contributed by atoms with van der Waals surface area (Å²) in [6, 6.07) is 20.6. The van der Waals surface area contributed by atoms with Crippen LogP contribution in [0.15, 0.2) is 89.9 Å². The smallest absolute Gasteiger partial charge is 0.189 e. The molecule has 0 aliphatic heterocycles. The third-order valence-electron chi connectivity index (χ3n) is 7.24. The highest BCUT2D eigenvalue weighted by Crippen LogP contribution is 2.38. The monoisotopic (exact) mass is 590 g/mol. The van der Waals surface area contributed by atoms with Gasteiger partial charge >= 0.3 is 0 Å². The second-order valence-electron chi connectivity index (χ2n) is 9.68. The summed E-state index contributed by atoms with van der Waals surface area (Å²) in [6.07, 6.45) is 7.35. The molecule has 0 aliphatic rings. The average molecular weight is 591 g/mol. The molecule has 3 aromatic rings. The van der Waals surface area contributed by atoms with Crippen molar-refractivity contribution in [1.29, 1.82) is 0 Å². The molecule has 0 saturated heterocycles. The van der Waals surface area contributed by atoms with Crippen molar-refractivity contribution < 1.29 is 17.9 Å². The molecule has 3 aromatic carbocycles. The fourth-order valence-electron chi connectivity index (χ4n) is 5.01. The van der Waals surface area contributed by atoms with E-state index in [4.69, 9.17) is 9.47 Å². The standard InChI is InChI=1S/C35H46N2O4S/c1-7-36(8-2)29-23-22-28(33(26-29)40-11-5)18-16-17-21-35(42(38,39)31-19-14-13-15-20-31)32-25-24-30(37(9-3)10-4)27-34(32)41-12-6/h13-27,35H,7-12H2,1-6H3. The lowest BCUT2D eigenvalue weighted by atomic mass is 10.1. The van der Waals surface area contributed by atoms with Crippen LogP contribution in [0.1, 0.15) is 57.9 Å². The Morgan fingerprint density at radius 1 is 0.690 bits per heavy atom. The van der Waals surface area contributed by atoms with Crippen LogP contribution in [-0.4, -0.2) is 47.8 Å². The minimum atomic E-state index is -3.77. The molecule has 0 radical (unpaired) electrons. The van der Waals surface area contributed by atoms with Gasteiger partial charge in [-0.15, -0.1) is 0 Å². The molecule has 6 nitrogen and oxygen atoms in total. The van der Waals surface area contributed by atoms with Crippen LogP contribution in [0.5, 0.6) is 11.5 Å². The number of allylic oxidation sites excluding steroid dienone is 2. The number of rotatable bonds is 16. The van der Waals surface area contributed by atoms with Gasteiger partial charge in [0.25, 0.3) is 0 Å². The molecule has 42 heavy (non-hydrogen) atoms. The van der Waals surface area contributed by atoms with Gasteiger partial charge in [-0.2, -0.15) is 0 Å². The Kier molecular flexibility index (Phi) is 12.5. The molecule has 3 rings (SSSR count). The first-order chi connectivity index (χ1) is 20.3. The van der Waals surface area contributed by atoms with E-state index in [1.807, 2.05) is 56.3 Å². The molecule has 7 heteroatoms. The van der Waals surface area contributed by atoms with E-state index in [1.165, 1.54) is 0 Å². The van der Waals surface area contributed by atoms with E-state index >= 15 is 0 Å². The lowest BCUT2D eigenvalue weighted by Gasteiger charge is -2.24. The molecule has 0 heterocycles. The van der Waals surface area contributed by atoms with Crippen molar-refractivity contribution in [3.05, 3.63) is 96.1 Å². The highest BCUT2D eigenvalue weighted by Gasteiger charge is 2.29. The predicted octanol–water partition coefficient (Wildman–Crippen LogP) is 7.96. The quantitative estimate of drug-likeness (QED) is 0.158. The summed E-state index contributed by atoms with van der Waals surface area (Å²) in [4.78, 5) is 4.76. The van der Waals surface area contributed by atoms with Crippen molar-refractivity contribution in [3.8, 4) is 11.5 Å². The van der Waals surface area contributed by atoms with Crippen LogP contribution in [0.3, 0.4) is 0 Å². The topological polar surface area (TPSA) is 59.1 Å². The van der Waals surface area contributed by atoms with Gasteiger partial charge in [0, 0.05) is 60.8 Å². The normalized spacial score (nSPS) is 12.5. The number of nitrogens with zero attached hydrogens (tertiary/aromatic N) is 2. The van der Waals surface area contributed by atoms with Crippen LogP contribution < -0.4 is 19.3 Å². The molecule has 0 saturated carbocycles. The average Bonchev–Trinajstić information content (AvgIpc) is 3.00. The molecule has 1 atom stereocenters. The van der Waals surface area contributed by atoms with E-state index in [1.54, 1.807) is 36.4 Å². The van der Waals surface area contributed by atoms with Gasteiger partial charge in [0.1, 0.15) is 16.7 Å². The Balaban J connectivity index is 2.06. The third-order valence-corrected chi connectivity index (χ3v) is 9.25. The van der Waals surface area contributed by atoms with Gasteiger partial charge in [0.2, 0.25) is 0 Å². The van der Waals surface area contributed by atoms with E-state index in [0.717, 1.165) is 48.9 Å². The summed E-state index contributed by atoms with van der Waals surface area (Å²) in [7, 11) is -3.77. The van der Waals surface area contributed by atoms with Crippen LogP contribution in [0.25, 0.3) is 6.08 Å². The molecule has 0 fully saturated rings. The van der Waals surface area contributed by atoms with Crippen molar-refractivity contribution in [3.63, 3.8) is 0 Å². The van der Waals surface area contributed by atoms with E-state index in [2.05, 4.69) is 49.6 Å². The van der Waals surface area contributed by atoms with Gasteiger partial charge in [-0.3, -0.25) is 0 Å². The first-order valence-corrected chi connectivity index (χ1v) is 16.6. The second kappa shape index (κ2) is 16.1. The fourth-order valence-corrected chi connectivity index (χ4v) is 6.66. The zero-order chi connectivity index (χ0) is 30.5. The van der Waals surface area contributed by atoms with Crippen molar-refractivity contribution in [2.24, 2.45) is 0 Å². The summed E-state index contributed by atoms with van der Waals surface area (Å²) < 4.78 is 40.0. The Bertz CT molecular complexity index is 1430. The van der Waals surface area contributed by atoms with E-state index in [-0.39, 0.29) is 4.90 Å². The largest absolute Gasteiger partial charge is 0.493 e. The van der Waals surface area contributed by atoms with Crippen molar-refractivity contribution in [2.45, 2.75) is 51.7 Å². The number of anilines is 2. The second-order valence-corrected chi connectivity index (χ2v) is 11.7. The lowest BCUT2D eigenvalue weighted by Crippen LogP contribution is -2.22. The van der Waals surface area contributed by atoms with Gasteiger partial charge in [-0.1, -0.05) is 48.6 Å². The molecule has 226 valence electrons. The maximum absolute atomic E-state index is 14.0.